The van der Waals surface area contributed by atoms with Gasteiger partial charge in [-0.25, -0.2) is 0 Å². The predicted octanol–water partition coefficient (Wildman–Crippen LogP) is 11.7. The third-order valence-electron chi connectivity index (χ3n) is 14.1. The van der Waals surface area contributed by atoms with Gasteiger partial charge >= 0.3 is 0 Å². The highest BCUT2D eigenvalue weighted by atomic mass is 14.6. The minimum absolute atomic E-state index is 0.554. The van der Waals surface area contributed by atoms with Crippen LogP contribution in [0.15, 0.2) is 0 Å². The van der Waals surface area contributed by atoms with E-state index in [4.69, 9.17) is 0 Å². The van der Waals surface area contributed by atoms with E-state index >= 15 is 0 Å². The molecule has 0 heteroatoms. The summed E-state index contributed by atoms with van der Waals surface area (Å²) < 4.78 is 0. The van der Waals surface area contributed by atoms with Crippen molar-refractivity contribution in [1.82, 2.24) is 0 Å². The van der Waals surface area contributed by atoms with Crippen molar-refractivity contribution in [2.45, 2.75) is 165 Å². The van der Waals surface area contributed by atoms with E-state index in [1.165, 1.54) is 70.6 Å². The van der Waals surface area contributed by atoms with E-state index in [1.807, 2.05) is 0 Å². The Hall–Kier alpha value is 0. The van der Waals surface area contributed by atoms with Crippen LogP contribution in [0.3, 0.4) is 0 Å². The number of hydrogen-bond acceptors (Lipinski definition) is 0. The summed E-state index contributed by atoms with van der Waals surface area (Å²) in [5, 5.41) is 0. The van der Waals surface area contributed by atoms with Crippen LogP contribution in [0.1, 0.15) is 165 Å². The van der Waals surface area contributed by atoms with Crippen molar-refractivity contribution in [3.8, 4) is 0 Å². The summed E-state index contributed by atoms with van der Waals surface area (Å²) in [5.74, 6) is 7.75. The Morgan fingerprint density at radius 1 is 0.459 bits per heavy atom. The van der Waals surface area contributed by atoms with Gasteiger partial charge in [0.05, 0.1) is 0 Å². The molecule has 0 aliphatic heterocycles. The van der Waals surface area contributed by atoms with Gasteiger partial charge in [0.15, 0.2) is 0 Å². The smallest absolute Gasteiger partial charge is 0.0244 e. The van der Waals surface area contributed by atoms with Crippen molar-refractivity contribution in [3.05, 3.63) is 0 Å². The van der Waals surface area contributed by atoms with Gasteiger partial charge in [0.25, 0.3) is 0 Å². The Bertz CT molecular complexity index is 717. The number of fused-ring (bicyclic) bond motifs is 5. The second kappa shape index (κ2) is 9.82. The van der Waals surface area contributed by atoms with Gasteiger partial charge in [-0.3, -0.25) is 0 Å². The number of hydrogen-bond donors (Lipinski definition) is 0. The largest absolute Gasteiger partial charge is 0.0599 e. The Morgan fingerprint density at radius 3 is 1.22 bits per heavy atom. The molecule has 0 heterocycles. The minimum atomic E-state index is 0.554. The van der Waals surface area contributed by atoms with Crippen molar-refractivity contribution >= 4 is 0 Å². The quantitative estimate of drug-likeness (QED) is 0.304. The molecule has 0 aromatic heterocycles. The van der Waals surface area contributed by atoms with Crippen molar-refractivity contribution < 1.29 is 0 Å². The summed E-state index contributed by atoms with van der Waals surface area (Å²) in [6.07, 6.45) is 24.6. The highest BCUT2D eigenvalue weighted by Crippen LogP contribution is 2.64. The molecule has 10 fully saturated rings. The maximum Gasteiger partial charge on any atom is -0.0244 e. The second-order valence-corrected chi connectivity index (χ2v) is 19.0. The Balaban J connectivity index is 0.000000115. The summed E-state index contributed by atoms with van der Waals surface area (Å²) in [4.78, 5) is 0. The molecule has 8 bridgehead atoms. The van der Waals surface area contributed by atoms with E-state index in [-0.39, 0.29) is 0 Å². The van der Waals surface area contributed by atoms with Gasteiger partial charge in [0.1, 0.15) is 0 Å². The van der Waals surface area contributed by atoms with Crippen molar-refractivity contribution in [2.75, 3.05) is 0 Å². The van der Waals surface area contributed by atoms with Crippen LogP contribution < -0.4 is 0 Å². The molecule has 10 aliphatic rings. The zero-order chi connectivity index (χ0) is 26.9. The molecule has 0 saturated heterocycles. The lowest BCUT2D eigenvalue weighted by atomic mass is 9.45. The van der Waals surface area contributed by atoms with E-state index in [9.17, 15) is 0 Å². The summed E-state index contributed by atoms with van der Waals surface area (Å²) in [7, 11) is 0. The van der Waals surface area contributed by atoms with Gasteiger partial charge in [0, 0.05) is 0 Å². The molecule has 214 valence electrons. The first-order valence-electron chi connectivity index (χ1n) is 17.1. The lowest BCUT2D eigenvalue weighted by Gasteiger charge is -2.60. The van der Waals surface area contributed by atoms with Crippen LogP contribution in [0, 0.1) is 68.5 Å². The van der Waals surface area contributed by atoms with Crippen LogP contribution in [0.2, 0.25) is 0 Å². The van der Waals surface area contributed by atoms with Gasteiger partial charge in [-0.15, -0.1) is 0 Å². The average Bonchev–Trinajstić information content (AvgIpc) is 2.78. The first-order valence-corrected chi connectivity index (χ1v) is 17.1. The molecule has 37 heavy (non-hydrogen) atoms. The summed E-state index contributed by atoms with van der Waals surface area (Å²) in [6, 6.07) is 0. The zero-order valence-corrected chi connectivity index (χ0v) is 26.9. The molecule has 10 rings (SSSR count). The maximum atomic E-state index is 2.47. The molecule has 0 aromatic carbocycles. The molecule has 0 unspecified atom stereocenters. The maximum absolute atomic E-state index is 2.47. The normalized spacial score (nSPS) is 45.8. The van der Waals surface area contributed by atoms with Crippen LogP contribution in [-0.2, 0) is 0 Å². The topological polar surface area (TPSA) is 0 Å². The SMILES string of the molecule is CC(C)(C)C12CCC(CC1)CC2.CC(C)(C)C12CCCC(C1)C2.CC(C)(C)C1C2CC3CC(C2)CC1C3. The van der Waals surface area contributed by atoms with Crippen LogP contribution in [0.5, 0.6) is 0 Å². The molecule has 0 radical (unpaired) electrons. The van der Waals surface area contributed by atoms with Gasteiger partial charge in [-0.1, -0.05) is 75.2 Å². The molecule has 0 aromatic rings. The fourth-order valence-electron chi connectivity index (χ4n) is 11.9. The predicted molar refractivity (Wildman–Crippen MR) is 162 cm³/mol. The molecule has 0 nitrogen and oxygen atoms in total. The van der Waals surface area contributed by atoms with Gasteiger partial charge in [-0.2, -0.15) is 0 Å². The lowest BCUT2D eigenvalue weighted by molar-refractivity contribution is -0.0924. The van der Waals surface area contributed by atoms with Crippen molar-refractivity contribution in [2.24, 2.45) is 68.5 Å². The molecule has 10 saturated carbocycles. The Labute approximate surface area is 233 Å². The Morgan fingerprint density at radius 2 is 0.919 bits per heavy atom. The highest BCUT2D eigenvalue weighted by Gasteiger charge is 2.53. The van der Waals surface area contributed by atoms with Gasteiger partial charge < -0.3 is 0 Å². The van der Waals surface area contributed by atoms with Crippen LogP contribution in [-0.4, -0.2) is 0 Å². The standard InChI is InChI=1S/C14H24.C12H22.C11H20/c1-14(2,3)13-11-5-9-4-10(7-11)8-12(13)6-9;1-11(2,3)12-7-4-10(5-8-12)6-9-12;1-10(2,3)11-6-4-5-9(7-11)8-11/h9-13H,4-8H2,1-3H3;10H,4-9H2,1-3H3;9H,4-8H2,1-3H3. The van der Waals surface area contributed by atoms with Crippen LogP contribution in [0.4, 0.5) is 0 Å². The fraction of sp³-hybridized carbons (Fsp3) is 1.00. The third-order valence-corrected chi connectivity index (χ3v) is 14.1. The van der Waals surface area contributed by atoms with Gasteiger partial charge in [-0.05, 0) is 158 Å². The zero-order valence-electron chi connectivity index (χ0n) is 26.9. The highest BCUT2D eigenvalue weighted by molar-refractivity contribution is 5.04. The molecule has 10 aliphatic carbocycles. The van der Waals surface area contributed by atoms with E-state index in [1.54, 1.807) is 32.1 Å². The van der Waals surface area contributed by atoms with E-state index in [0.29, 0.717) is 16.2 Å². The van der Waals surface area contributed by atoms with Gasteiger partial charge in [0.2, 0.25) is 0 Å². The third kappa shape index (κ3) is 5.50. The van der Waals surface area contributed by atoms with Crippen LogP contribution in [0.25, 0.3) is 0 Å². The minimum Gasteiger partial charge on any atom is -0.0599 e. The number of rotatable bonds is 0. The molecule has 0 N–H and O–H groups in total. The molecule has 0 spiro atoms. The average molecular weight is 511 g/mol. The van der Waals surface area contributed by atoms with Crippen molar-refractivity contribution in [3.63, 3.8) is 0 Å². The lowest BCUT2D eigenvalue weighted by Crippen LogP contribution is -2.49. The van der Waals surface area contributed by atoms with E-state index in [0.717, 1.165) is 52.3 Å². The summed E-state index contributed by atoms with van der Waals surface area (Å²) >= 11 is 0. The van der Waals surface area contributed by atoms with Crippen molar-refractivity contribution in [1.29, 1.82) is 0 Å². The first kappa shape index (κ1) is 28.5. The molecular formula is C37H66. The summed E-state index contributed by atoms with van der Waals surface area (Å²) in [6.45, 7) is 22.0. The van der Waals surface area contributed by atoms with E-state index < -0.39 is 0 Å². The Kier molecular flexibility index (Phi) is 7.57. The first-order chi connectivity index (χ1) is 17.1. The monoisotopic (exact) mass is 511 g/mol. The molecule has 0 amide bonds. The van der Waals surface area contributed by atoms with Crippen LogP contribution >= 0.6 is 0 Å². The fourth-order valence-corrected chi connectivity index (χ4v) is 11.9. The second-order valence-electron chi connectivity index (χ2n) is 19.0. The molecule has 0 atom stereocenters. The summed E-state index contributed by atoms with van der Waals surface area (Å²) in [5.41, 5.74) is 3.18. The van der Waals surface area contributed by atoms with E-state index in [2.05, 4.69) is 62.3 Å². The molecular weight excluding hydrogens is 444 g/mol.